The molecule has 3 nitrogen and oxygen atoms in total. The minimum absolute atomic E-state index is 0.231. The Morgan fingerprint density at radius 1 is 1.46 bits per heavy atom. The SMILES string of the molecule is CCC(C(=O)O)N1CC2CCC2C1. The van der Waals surface area contributed by atoms with E-state index in [9.17, 15) is 4.79 Å². The maximum atomic E-state index is 10.9. The second-order valence-electron chi connectivity index (χ2n) is 4.31. The van der Waals surface area contributed by atoms with Crippen molar-refractivity contribution in [2.24, 2.45) is 11.8 Å². The van der Waals surface area contributed by atoms with Gasteiger partial charge in [0.15, 0.2) is 0 Å². The normalized spacial score (nSPS) is 35.2. The number of likely N-dealkylation sites (tertiary alicyclic amines) is 1. The van der Waals surface area contributed by atoms with Gasteiger partial charge in [-0.2, -0.15) is 0 Å². The van der Waals surface area contributed by atoms with Gasteiger partial charge in [-0.1, -0.05) is 6.92 Å². The van der Waals surface area contributed by atoms with Crippen molar-refractivity contribution in [3.63, 3.8) is 0 Å². The van der Waals surface area contributed by atoms with Crippen LogP contribution < -0.4 is 0 Å². The average Bonchev–Trinajstić information content (AvgIpc) is 2.31. The van der Waals surface area contributed by atoms with Gasteiger partial charge in [-0.05, 0) is 31.1 Å². The lowest BCUT2D eigenvalue weighted by Gasteiger charge is -2.28. The monoisotopic (exact) mass is 183 g/mol. The Hall–Kier alpha value is -0.570. The first-order chi connectivity index (χ1) is 6.22. The van der Waals surface area contributed by atoms with Crippen LogP contribution in [0.4, 0.5) is 0 Å². The molecule has 0 bridgehead atoms. The fourth-order valence-electron chi connectivity index (χ4n) is 2.64. The zero-order valence-electron chi connectivity index (χ0n) is 8.07. The van der Waals surface area contributed by atoms with Crippen LogP contribution in [0.1, 0.15) is 26.2 Å². The molecule has 0 radical (unpaired) electrons. The van der Waals surface area contributed by atoms with E-state index < -0.39 is 5.97 Å². The van der Waals surface area contributed by atoms with Crippen molar-refractivity contribution >= 4 is 5.97 Å². The van der Waals surface area contributed by atoms with Crippen LogP contribution in [0.15, 0.2) is 0 Å². The molecule has 3 atom stereocenters. The van der Waals surface area contributed by atoms with Crippen molar-refractivity contribution < 1.29 is 9.90 Å². The number of aliphatic carboxylic acids is 1. The summed E-state index contributed by atoms with van der Waals surface area (Å²) >= 11 is 0. The van der Waals surface area contributed by atoms with E-state index >= 15 is 0 Å². The van der Waals surface area contributed by atoms with E-state index in [1.54, 1.807) is 0 Å². The van der Waals surface area contributed by atoms with Crippen LogP contribution in [-0.2, 0) is 4.79 Å². The molecule has 0 amide bonds. The van der Waals surface area contributed by atoms with Crippen molar-refractivity contribution in [1.82, 2.24) is 4.90 Å². The summed E-state index contributed by atoms with van der Waals surface area (Å²) in [7, 11) is 0. The fourth-order valence-corrected chi connectivity index (χ4v) is 2.64. The number of hydrogen-bond acceptors (Lipinski definition) is 2. The average molecular weight is 183 g/mol. The zero-order valence-corrected chi connectivity index (χ0v) is 8.07. The largest absolute Gasteiger partial charge is 0.480 e. The standard InChI is InChI=1S/C10H17NO2/c1-2-9(10(12)13)11-5-7-3-4-8(7)6-11/h7-9H,2-6H2,1H3,(H,12,13). The van der Waals surface area contributed by atoms with Crippen LogP contribution >= 0.6 is 0 Å². The summed E-state index contributed by atoms with van der Waals surface area (Å²) in [4.78, 5) is 13.1. The summed E-state index contributed by atoms with van der Waals surface area (Å²) in [6.07, 6.45) is 3.36. The van der Waals surface area contributed by atoms with Crippen LogP contribution in [0.5, 0.6) is 0 Å². The van der Waals surface area contributed by atoms with Crippen molar-refractivity contribution in [1.29, 1.82) is 0 Å². The zero-order chi connectivity index (χ0) is 9.42. The van der Waals surface area contributed by atoms with Crippen molar-refractivity contribution in [3.05, 3.63) is 0 Å². The number of nitrogens with zero attached hydrogens (tertiary/aromatic N) is 1. The molecule has 1 saturated heterocycles. The number of carboxylic acid groups (broad SMARTS) is 1. The lowest BCUT2D eigenvalue weighted by atomic mass is 9.77. The molecule has 1 heterocycles. The summed E-state index contributed by atoms with van der Waals surface area (Å²) in [5.74, 6) is 0.977. The number of carbonyl (C=O) groups is 1. The highest BCUT2D eigenvalue weighted by molar-refractivity contribution is 5.73. The highest BCUT2D eigenvalue weighted by Gasteiger charge is 2.42. The number of fused-ring (bicyclic) bond motifs is 1. The summed E-state index contributed by atoms with van der Waals surface area (Å²) in [6.45, 7) is 4.00. The van der Waals surface area contributed by atoms with Gasteiger partial charge in [-0.15, -0.1) is 0 Å². The summed E-state index contributed by atoms with van der Waals surface area (Å²) in [6, 6.07) is -0.231. The smallest absolute Gasteiger partial charge is 0.320 e. The quantitative estimate of drug-likeness (QED) is 0.714. The van der Waals surface area contributed by atoms with Crippen LogP contribution in [0.3, 0.4) is 0 Å². The molecule has 0 spiro atoms. The van der Waals surface area contributed by atoms with Crippen molar-refractivity contribution in [2.75, 3.05) is 13.1 Å². The first-order valence-electron chi connectivity index (χ1n) is 5.19. The van der Waals surface area contributed by atoms with Gasteiger partial charge in [0.05, 0.1) is 0 Å². The maximum absolute atomic E-state index is 10.9. The molecule has 2 rings (SSSR count). The van der Waals surface area contributed by atoms with Gasteiger partial charge in [0, 0.05) is 13.1 Å². The number of rotatable bonds is 3. The van der Waals surface area contributed by atoms with E-state index in [0.717, 1.165) is 31.3 Å². The Kier molecular flexibility index (Phi) is 2.28. The van der Waals surface area contributed by atoms with Gasteiger partial charge in [0.25, 0.3) is 0 Å². The molecule has 3 unspecified atom stereocenters. The molecule has 2 fully saturated rings. The van der Waals surface area contributed by atoms with Gasteiger partial charge in [-0.25, -0.2) is 0 Å². The van der Waals surface area contributed by atoms with Crippen LogP contribution in [0, 0.1) is 11.8 Å². The fraction of sp³-hybridized carbons (Fsp3) is 0.900. The van der Waals surface area contributed by atoms with E-state index in [4.69, 9.17) is 5.11 Å². The lowest BCUT2D eigenvalue weighted by Crippen LogP contribution is -2.39. The van der Waals surface area contributed by atoms with Crippen molar-refractivity contribution in [2.45, 2.75) is 32.2 Å². The third kappa shape index (κ3) is 1.46. The maximum Gasteiger partial charge on any atom is 0.320 e. The molecule has 3 heteroatoms. The molecular formula is C10H17NO2. The first kappa shape index (κ1) is 9.00. The van der Waals surface area contributed by atoms with Gasteiger partial charge in [-0.3, -0.25) is 9.69 Å². The van der Waals surface area contributed by atoms with Gasteiger partial charge >= 0.3 is 5.97 Å². The third-order valence-corrected chi connectivity index (χ3v) is 3.63. The van der Waals surface area contributed by atoms with Gasteiger partial charge in [0.2, 0.25) is 0 Å². The summed E-state index contributed by atoms with van der Waals surface area (Å²) in [5, 5.41) is 8.98. The number of carboxylic acids is 1. The first-order valence-corrected chi connectivity index (χ1v) is 5.19. The van der Waals surface area contributed by atoms with E-state index in [-0.39, 0.29) is 6.04 Å². The highest BCUT2D eigenvalue weighted by Crippen LogP contribution is 2.41. The predicted octanol–water partition coefficient (Wildman–Crippen LogP) is 1.19. The minimum Gasteiger partial charge on any atom is -0.480 e. The molecule has 2 aliphatic rings. The van der Waals surface area contributed by atoms with E-state index in [1.807, 2.05) is 6.92 Å². The topological polar surface area (TPSA) is 40.5 Å². The summed E-state index contributed by atoms with van der Waals surface area (Å²) < 4.78 is 0. The van der Waals surface area contributed by atoms with E-state index in [0.29, 0.717) is 0 Å². The van der Waals surface area contributed by atoms with Crippen LogP contribution in [0.2, 0.25) is 0 Å². The molecule has 1 aliphatic carbocycles. The van der Waals surface area contributed by atoms with Gasteiger partial charge in [0.1, 0.15) is 6.04 Å². The predicted molar refractivity (Wildman–Crippen MR) is 49.5 cm³/mol. The molecule has 1 N–H and O–H groups in total. The Morgan fingerprint density at radius 3 is 2.31 bits per heavy atom. The van der Waals surface area contributed by atoms with E-state index in [1.165, 1.54) is 12.8 Å². The van der Waals surface area contributed by atoms with Gasteiger partial charge < -0.3 is 5.11 Å². The van der Waals surface area contributed by atoms with Crippen LogP contribution in [-0.4, -0.2) is 35.1 Å². The second kappa shape index (κ2) is 3.29. The van der Waals surface area contributed by atoms with Crippen molar-refractivity contribution in [3.8, 4) is 0 Å². The Morgan fingerprint density at radius 2 is 2.00 bits per heavy atom. The Bertz CT molecular complexity index is 205. The number of hydrogen-bond donors (Lipinski definition) is 1. The Labute approximate surface area is 78.7 Å². The molecule has 0 aromatic heterocycles. The summed E-state index contributed by atoms with van der Waals surface area (Å²) in [5.41, 5.74) is 0. The molecule has 0 aromatic carbocycles. The molecule has 1 saturated carbocycles. The third-order valence-electron chi connectivity index (χ3n) is 3.63. The van der Waals surface area contributed by atoms with Crippen LogP contribution in [0.25, 0.3) is 0 Å². The molecule has 13 heavy (non-hydrogen) atoms. The second-order valence-corrected chi connectivity index (χ2v) is 4.31. The lowest BCUT2D eigenvalue weighted by molar-refractivity contribution is -0.143. The Balaban J connectivity index is 1.96. The molecule has 74 valence electrons. The highest BCUT2D eigenvalue weighted by atomic mass is 16.4. The molecule has 0 aromatic rings. The molecular weight excluding hydrogens is 166 g/mol. The minimum atomic E-state index is -0.649. The van der Waals surface area contributed by atoms with E-state index in [2.05, 4.69) is 4.90 Å². The molecule has 1 aliphatic heterocycles.